The first-order chi connectivity index (χ1) is 15.6. The standard InChI is InChI=1S/C25H36N2O5Si2/c1-24(2,3)34(7,8)31-22-20(28)14-19(16-26)25(23(22)32-33(4,5)6)15-21(29)27(25)30-17-18-12-10-9-11-13-18/h9-14,22-23H,15,17H2,1-8H3/t22-,23-,25-/m1/s1. The maximum absolute atomic E-state index is 13.3. The van der Waals surface area contributed by atoms with Crippen LogP contribution in [0.5, 0.6) is 0 Å². The number of nitrogens with zero attached hydrogens (tertiary/aromatic N) is 2. The summed E-state index contributed by atoms with van der Waals surface area (Å²) in [6, 6.07) is 11.7. The number of amides is 1. The molecule has 3 rings (SSSR count). The summed E-state index contributed by atoms with van der Waals surface area (Å²) in [6.45, 7) is 16.7. The molecular weight excluding hydrogens is 464 g/mol. The Morgan fingerprint density at radius 1 is 1.09 bits per heavy atom. The van der Waals surface area contributed by atoms with Crippen molar-refractivity contribution in [3.63, 3.8) is 0 Å². The lowest BCUT2D eigenvalue weighted by Crippen LogP contribution is -2.76. The van der Waals surface area contributed by atoms with Crippen molar-refractivity contribution < 1.29 is 23.3 Å². The smallest absolute Gasteiger partial charge is 0.250 e. The van der Waals surface area contributed by atoms with E-state index in [1.165, 1.54) is 11.1 Å². The number of ketones is 1. The van der Waals surface area contributed by atoms with Crippen molar-refractivity contribution in [1.82, 2.24) is 5.06 Å². The fourth-order valence-corrected chi connectivity index (χ4v) is 6.32. The number of benzene rings is 1. The van der Waals surface area contributed by atoms with Crippen LogP contribution in [-0.2, 0) is 29.9 Å². The van der Waals surface area contributed by atoms with E-state index in [4.69, 9.17) is 13.7 Å². The second kappa shape index (κ2) is 9.17. The van der Waals surface area contributed by atoms with E-state index in [2.05, 4.69) is 39.9 Å². The molecule has 0 radical (unpaired) electrons. The van der Waals surface area contributed by atoms with Crippen molar-refractivity contribution in [2.75, 3.05) is 0 Å². The van der Waals surface area contributed by atoms with Gasteiger partial charge in [-0.25, -0.2) is 5.06 Å². The maximum Gasteiger partial charge on any atom is 0.250 e. The van der Waals surface area contributed by atoms with E-state index in [0.29, 0.717) is 0 Å². The molecule has 0 N–H and O–H groups in total. The Kier molecular flexibility index (Phi) is 7.15. The third kappa shape index (κ3) is 4.97. The van der Waals surface area contributed by atoms with Crippen molar-refractivity contribution in [2.45, 2.75) is 89.3 Å². The van der Waals surface area contributed by atoms with Crippen LogP contribution in [0, 0.1) is 11.3 Å². The quantitative estimate of drug-likeness (QED) is 0.397. The number of nitriles is 1. The van der Waals surface area contributed by atoms with Crippen LogP contribution in [0.2, 0.25) is 37.8 Å². The molecule has 184 valence electrons. The molecule has 1 aromatic carbocycles. The minimum atomic E-state index is -2.39. The van der Waals surface area contributed by atoms with E-state index in [-0.39, 0.29) is 35.3 Å². The van der Waals surface area contributed by atoms with Gasteiger partial charge in [-0.2, -0.15) is 5.26 Å². The zero-order valence-electron chi connectivity index (χ0n) is 21.5. The highest BCUT2D eigenvalue weighted by atomic mass is 28.4. The molecule has 0 aromatic heterocycles. The molecule has 1 heterocycles. The Morgan fingerprint density at radius 3 is 2.21 bits per heavy atom. The van der Waals surface area contributed by atoms with Gasteiger partial charge in [0.25, 0.3) is 0 Å². The van der Waals surface area contributed by atoms with Gasteiger partial charge in [0.1, 0.15) is 24.4 Å². The Labute approximate surface area is 204 Å². The predicted molar refractivity (Wildman–Crippen MR) is 134 cm³/mol. The molecule has 1 spiro atoms. The molecule has 0 unspecified atom stereocenters. The summed E-state index contributed by atoms with van der Waals surface area (Å²) in [4.78, 5) is 32.2. The lowest BCUT2D eigenvalue weighted by Gasteiger charge is -2.58. The molecule has 0 saturated carbocycles. The monoisotopic (exact) mass is 500 g/mol. The van der Waals surface area contributed by atoms with Crippen LogP contribution in [0.1, 0.15) is 32.8 Å². The molecule has 1 saturated heterocycles. The van der Waals surface area contributed by atoms with Gasteiger partial charge in [-0.1, -0.05) is 51.1 Å². The van der Waals surface area contributed by atoms with Crippen molar-refractivity contribution in [1.29, 1.82) is 5.26 Å². The second-order valence-corrected chi connectivity index (χ2v) is 20.8. The Morgan fingerprint density at radius 2 is 1.71 bits per heavy atom. The third-order valence-electron chi connectivity index (χ3n) is 6.82. The van der Waals surface area contributed by atoms with Gasteiger partial charge < -0.3 is 8.85 Å². The van der Waals surface area contributed by atoms with Crippen LogP contribution in [-0.4, -0.2) is 51.1 Å². The van der Waals surface area contributed by atoms with Crippen LogP contribution in [0.25, 0.3) is 0 Å². The zero-order valence-corrected chi connectivity index (χ0v) is 23.5. The molecule has 1 aliphatic carbocycles. The van der Waals surface area contributed by atoms with Crippen LogP contribution in [0.15, 0.2) is 42.0 Å². The Hall–Kier alpha value is -2.10. The van der Waals surface area contributed by atoms with Gasteiger partial charge in [-0.05, 0) is 43.3 Å². The highest BCUT2D eigenvalue weighted by Crippen LogP contribution is 2.49. The van der Waals surface area contributed by atoms with E-state index in [0.717, 1.165) is 5.56 Å². The van der Waals surface area contributed by atoms with Crippen molar-refractivity contribution in [2.24, 2.45) is 0 Å². The first-order valence-electron chi connectivity index (χ1n) is 11.6. The normalized spacial score (nSPS) is 25.7. The summed E-state index contributed by atoms with van der Waals surface area (Å²) < 4.78 is 13.2. The molecule has 1 aromatic rings. The van der Waals surface area contributed by atoms with Crippen LogP contribution >= 0.6 is 0 Å². The summed E-state index contributed by atoms with van der Waals surface area (Å²) in [5.41, 5.74) is -0.117. The van der Waals surface area contributed by atoms with E-state index < -0.39 is 34.4 Å². The van der Waals surface area contributed by atoms with Gasteiger partial charge in [0, 0.05) is 6.08 Å². The van der Waals surface area contributed by atoms with Gasteiger partial charge in [0.2, 0.25) is 5.91 Å². The predicted octanol–water partition coefficient (Wildman–Crippen LogP) is 4.73. The molecule has 7 nitrogen and oxygen atoms in total. The topological polar surface area (TPSA) is 88.9 Å². The minimum Gasteiger partial charge on any atom is -0.409 e. The van der Waals surface area contributed by atoms with Gasteiger partial charge in [0.05, 0.1) is 18.1 Å². The highest BCUT2D eigenvalue weighted by molar-refractivity contribution is 6.74. The fraction of sp³-hybridized carbons (Fsp3) is 0.560. The number of carbonyl (C=O) groups excluding carboxylic acids is 2. The summed E-state index contributed by atoms with van der Waals surface area (Å²) >= 11 is 0. The lowest BCUT2D eigenvalue weighted by molar-refractivity contribution is -0.274. The number of rotatable bonds is 7. The molecule has 1 fully saturated rings. The molecule has 9 heteroatoms. The average molecular weight is 501 g/mol. The number of β-lactam (4-membered cyclic amide) rings is 1. The van der Waals surface area contributed by atoms with Gasteiger partial charge in [-0.15, -0.1) is 0 Å². The molecule has 3 atom stereocenters. The van der Waals surface area contributed by atoms with Crippen molar-refractivity contribution in [3.8, 4) is 6.07 Å². The minimum absolute atomic E-state index is 0.0287. The number of carbonyl (C=O) groups is 2. The highest BCUT2D eigenvalue weighted by Gasteiger charge is 2.66. The van der Waals surface area contributed by atoms with Gasteiger partial charge in [0.15, 0.2) is 22.4 Å². The Bertz CT molecular complexity index is 1020. The van der Waals surface area contributed by atoms with E-state index >= 15 is 0 Å². The Balaban J connectivity index is 2.06. The fourth-order valence-electron chi connectivity index (χ4n) is 4.01. The first kappa shape index (κ1) is 26.5. The second-order valence-electron chi connectivity index (χ2n) is 11.6. The van der Waals surface area contributed by atoms with Crippen LogP contribution < -0.4 is 0 Å². The summed E-state index contributed by atoms with van der Waals surface area (Å²) in [6.07, 6.45) is -0.386. The lowest BCUT2D eigenvalue weighted by atomic mass is 9.69. The van der Waals surface area contributed by atoms with Crippen molar-refractivity contribution in [3.05, 3.63) is 47.5 Å². The van der Waals surface area contributed by atoms with E-state index in [1.54, 1.807) is 0 Å². The van der Waals surface area contributed by atoms with Crippen molar-refractivity contribution >= 4 is 28.3 Å². The van der Waals surface area contributed by atoms with E-state index in [9.17, 15) is 14.9 Å². The molecule has 0 bridgehead atoms. The summed E-state index contributed by atoms with van der Waals surface area (Å²) in [5, 5.41) is 11.1. The van der Waals surface area contributed by atoms with Gasteiger partial charge in [-0.3, -0.25) is 14.4 Å². The largest absolute Gasteiger partial charge is 0.409 e. The summed E-state index contributed by atoms with van der Waals surface area (Å²) in [7, 11) is -4.62. The average Bonchev–Trinajstić information content (AvgIpc) is 2.71. The van der Waals surface area contributed by atoms with Gasteiger partial charge >= 0.3 is 0 Å². The SMILES string of the molecule is CC(C)(C)[Si](C)(C)O[C@@H]1C(=O)C=C(C#N)[C@]2(CC(=O)N2OCc2ccccc2)[C@@H]1O[Si](C)(C)C. The number of hydrogen-bond acceptors (Lipinski definition) is 6. The van der Waals surface area contributed by atoms with Crippen LogP contribution in [0.3, 0.4) is 0 Å². The van der Waals surface area contributed by atoms with Crippen LogP contribution in [0.4, 0.5) is 0 Å². The molecule has 1 amide bonds. The summed E-state index contributed by atoms with van der Waals surface area (Å²) in [5.74, 6) is -0.542. The third-order valence-corrected chi connectivity index (χ3v) is 12.2. The maximum atomic E-state index is 13.3. The molecule has 2 aliphatic rings. The molecule has 1 aliphatic heterocycles. The zero-order chi connectivity index (χ0) is 25.5. The van der Waals surface area contributed by atoms with E-state index in [1.807, 2.05) is 50.0 Å². The molecular formula is C25H36N2O5Si2. The number of hydroxylamine groups is 2. The molecule has 34 heavy (non-hydrogen) atoms. The first-order valence-corrected chi connectivity index (χ1v) is 18.0. The number of hydrogen-bond donors (Lipinski definition) is 0.